The summed E-state index contributed by atoms with van der Waals surface area (Å²) in [5.41, 5.74) is 3.52. The predicted molar refractivity (Wildman–Crippen MR) is 97.5 cm³/mol. The highest BCUT2D eigenvalue weighted by molar-refractivity contribution is 7.90. The molecule has 3 rings (SSSR count). The van der Waals surface area contributed by atoms with Gasteiger partial charge in [0.25, 0.3) is 0 Å². The van der Waals surface area contributed by atoms with Crippen LogP contribution >= 0.6 is 0 Å². The van der Waals surface area contributed by atoms with Crippen molar-refractivity contribution in [3.8, 4) is 28.0 Å². The van der Waals surface area contributed by atoms with Gasteiger partial charge in [0.05, 0.1) is 4.90 Å². The van der Waals surface area contributed by atoms with Crippen LogP contribution in [0.3, 0.4) is 0 Å². The average Bonchev–Trinajstić information content (AvgIpc) is 2.61. The van der Waals surface area contributed by atoms with Crippen molar-refractivity contribution in [1.29, 1.82) is 0 Å². The van der Waals surface area contributed by atoms with Gasteiger partial charge in [-0.1, -0.05) is 48.5 Å². The minimum absolute atomic E-state index is 0.114. The van der Waals surface area contributed by atoms with E-state index >= 15 is 0 Å². The van der Waals surface area contributed by atoms with E-state index in [1.54, 1.807) is 60.7 Å². The summed E-state index contributed by atoms with van der Waals surface area (Å²) in [6.07, 6.45) is 1.93. The molecule has 0 aliphatic rings. The zero-order valence-electron chi connectivity index (χ0n) is 13.5. The largest absolute Gasteiger partial charge is 0.507 e. The molecule has 0 unspecified atom stereocenters. The first-order valence-electron chi connectivity index (χ1n) is 7.58. The van der Waals surface area contributed by atoms with E-state index in [9.17, 15) is 18.3 Å². The van der Waals surface area contributed by atoms with Crippen LogP contribution < -0.4 is 0 Å². The Morgan fingerprint density at radius 3 is 2.00 bits per heavy atom. The molecule has 0 bridgehead atoms. The SMILES string of the molecule is CS(=O)(=O)c1ccc(-c2cccc(O)c2-c2ccc(C=O)cc2)cc1. The number of carbonyl (C=O) groups is 1. The van der Waals surface area contributed by atoms with Gasteiger partial charge < -0.3 is 5.11 Å². The molecule has 4 nitrogen and oxygen atoms in total. The molecular weight excluding hydrogens is 336 g/mol. The van der Waals surface area contributed by atoms with Crippen LogP contribution in [0.1, 0.15) is 10.4 Å². The van der Waals surface area contributed by atoms with E-state index < -0.39 is 9.84 Å². The van der Waals surface area contributed by atoms with Gasteiger partial charge in [0, 0.05) is 17.4 Å². The van der Waals surface area contributed by atoms with Crippen LogP contribution in [0.5, 0.6) is 5.75 Å². The molecule has 0 radical (unpaired) electrons. The summed E-state index contributed by atoms with van der Waals surface area (Å²) >= 11 is 0. The van der Waals surface area contributed by atoms with Crippen molar-refractivity contribution in [1.82, 2.24) is 0 Å². The fraction of sp³-hybridized carbons (Fsp3) is 0.0500. The second-order valence-electron chi connectivity index (χ2n) is 5.74. The zero-order chi connectivity index (χ0) is 18.0. The number of hydrogen-bond donors (Lipinski definition) is 1. The van der Waals surface area contributed by atoms with Gasteiger partial charge in [-0.2, -0.15) is 0 Å². The molecule has 0 aliphatic carbocycles. The molecule has 5 heteroatoms. The lowest BCUT2D eigenvalue weighted by Gasteiger charge is -2.13. The Labute approximate surface area is 146 Å². The minimum atomic E-state index is -3.26. The Kier molecular flexibility index (Phi) is 4.42. The molecule has 0 heterocycles. The third-order valence-electron chi connectivity index (χ3n) is 3.97. The van der Waals surface area contributed by atoms with E-state index in [1.807, 2.05) is 6.07 Å². The average molecular weight is 352 g/mol. The predicted octanol–water partition coefficient (Wildman–Crippen LogP) is 3.94. The molecule has 0 spiro atoms. The molecule has 25 heavy (non-hydrogen) atoms. The van der Waals surface area contributed by atoms with Gasteiger partial charge >= 0.3 is 0 Å². The summed E-state index contributed by atoms with van der Waals surface area (Å²) in [6, 6.07) is 18.6. The van der Waals surface area contributed by atoms with Gasteiger partial charge in [0.1, 0.15) is 12.0 Å². The Hall–Kier alpha value is -2.92. The number of hydrogen-bond acceptors (Lipinski definition) is 4. The van der Waals surface area contributed by atoms with Gasteiger partial charge in [0.15, 0.2) is 9.84 Å². The fourth-order valence-corrected chi connectivity index (χ4v) is 3.32. The molecule has 3 aromatic carbocycles. The van der Waals surface area contributed by atoms with E-state index in [-0.39, 0.29) is 10.6 Å². The van der Waals surface area contributed by atoms with Crippen molar-refractivity contribution in [2.24, 2.45) is 0 Å². The Morgan fingerprint density at radius 1 is 0.840 bits per heavy atom. The molecule has 3 aromatic rings. The van der Waals surface area contributed by atoms with Gasteiger partial charge in [-0.3, -0.25) is 4.79 Å². The molecule has 0 saturated heterocycles. The van der Waals surface area contributed by atoms with Gasteiger partial charge in [0.2, 0.25) is 0 Å². The van der Waals surface area contributed by atoms with Crippen LogP contribution in [0, 0.1) is 0 Å². The van der Waals surface area contributed by atoms with E-state index in [2.05, 4.69) is 0 Å². The number of sulfone groups is 1. The quantitative estimate of drug-likeness (QED) is 0.722. The third-order valence-corrected chi connectivity index (χ3v) is 5.10. The molecule has 0 atom stereocenters. The normalized spacial score (nSPS) is 11.2. The lowest BCUT2D eigenvalue weighted by molar-refractivity contribution is 0.112. The summed E-state index contributed by atoms with van der Waals surface area (Å²) < 4.78 is 23.2. The highest BCUT2D eigenvalue weighted by Crippen LogP contribution is 2.38. The van der Waals surface area contributed by atoms with Crippen LogP contribution in [-0.2, 0) is 9.84 Å². The highest BCUT2D eigenvalue weighted by atomic mass is 32.2. The van der Waals surface area contributed by atoms with E-state index in [0.717, 1.165) is 29.2 Å². The van der Waals surface area contributed by atoms with Crippen molar-refractivity contribution in [3.05, 3.63) is 72.3 Å². The molecule has 126 valence electrons. The number of aldehydes is 1. The number of benzene rings is 3. The molecule has 0 saturated carbocycles. The number of phenolic OH excluding ortho intramolecular Hbond substituents is 1. The Morgan fingerprint density at radius 2 is 1.44 bits per heavy atom. The van der Waals surface area contributed by atoms with Crippen molar-refractivity contribution < 1.29 is 18.3 Å². The van der Waals surface area contributed by atoms with Crippen molar-refractivity contribution in [2.75, 3.05) is 6.26 Å². The number of carbonyl (C=O) groups excluding carboxylic acids is 1. The summed E-state index contributed by atoms with van der Waals surface area (Å²) in [7, 11) is -3.26. The Bertz CT molecular complexity index is 1020. The van der Waals surface area contributed by atoms with Crippen LogP contribution in [0.25, 0.3) is 22.3 Å². The molecule has 0 amide bonds. The summed E-state index contributed by atoms with van der Waals surface area (Å²) in [6.45, 7) is 0. The molecule has 0 fully saturated rings. The first kappa shape index (κ1) is 16.9. The van der Waals surface area contributed by atoms with Crippen molar-refractivity contribution >= 4 is 16.1 Å². The van der Waals surface area contributed by atoms with Crippen LogP contribution in [0.4, 0.5) is 0 Å². The maximum absolute atomic E-state index is 11.6. The topological polar surface area (TPSA) is 71.4 Å². The smallest absolute Gasteiger partial charge is 0.175 e. The Balaban J connectivity index is 2.14. The van der Waals surface area contributed by atoms with Gasteiger partial charge in [-0.15, -0.1) is 0 Å². The van der Waals surface area contributed by atoms with E-state index in [1.165, 1.54) is 0 Å². The maximum atomic E-state index is 11.6. The first-order chi connectivity index (χ1) is 11.9. The lowest BCUT2D eigenvalue weighted by atomic mass is 9.93. The van der Waals surface area contributed by atoms with Gasteiger partial charge in [-0.25, -0.2) is 8.42 Å². The van der Waals surface area contributed by atoms with Crippen LogP contribution in [0.15, 0.2) is 71.6 Å². The van der Waals surface area contributed by atoms with Crippen molar-refractivity contribution in [2.45, 2.75) is 4.90 Å². The number of aromatic hydroxyl groups is 1. The molecule has 1 N–H and O–H groups in total. The van der Waals surface area contributed by atoms with Crippen molar-refractivity contribution in [3.63, 3.8) is 0 Å². The summed E-state index contributed by atoms with van der Waals surface area (Å²) in [5, 5.41) is 10.4. The summed E-state index contributed by atoms with van der Waals surface area (Å²) in [5.74, 6) is 0.114. The minimum Gasteiger partial charge on any atom is -0.507 e. The highest BCUT2D eigenvalue weighted by Gasteiger charge is 2.13. The lowest BCUT2D eigenvalue weighted by Crippen LogP contribution is -1.96. The first-order valence-corrected chi connectivity index (χ1v) is 9.47. The standard InChI is InChI=1S/C20H16O4S/c1-25(23,24)17-11-9-15(10-12-17)18-3-2-4-19(22)20(18)16-7-5-14(13-21)6-8-16/h2-13,22H,1H3. The summed E-state index contributed by atoms with van der Waals surface area (Å²) in [4.78, 5) is 11.1. The zero-order valence-corrected chi connectivity index (χ0v) is 14.3. The van der Waals surface area contributed by atoms with Gasteiger partial charge in [-0.05, 0) is 34.9 Å². The maximum Gasteiger partial charge on any atom is 0.175 e. The third kappa shape index (κ3) is 3.46. The monoisotopic (exact) mass is 352 g/mol. The fourth-order valence-electron chi connectivity index (χ4n) is 2.69. The molecule has 0 aromatic heterocycles. The second-order valence-corrected chi connectivity index (χ2v) is 7.75. The molecule has 0 aliphatic heterocycles. The molecular formula is C20H16O4S. The van der Waals surface area contributed by atoms with Crippen LogP contribution in [-0.4, -0.2) is 26.1 Å². The van der Waals surface area contributed by atoms with E-state index in [4.69, 9.17) is 0 Å². The second kappa shape index (κ2) is 6.53. The van der Waals surface area contributed by atoms with Crippen LogP contribution in [0.2, 0.25) is 0 Å². The number of rotatable bonds is 4. The number of phenols is 1. The van der Waals surface area contributed by atoms with E-state index in [0.29, 0.717) is 11.1 Å².